The van der Waals surface area contributed by atoms with Crippen LogP contribution in [0.5, 0.6) is 5.75 Å². The zero-order valence-corrected chi connectivity index (χ0v) is 19.5. The van der Waals surface area contributed by atoms with Crippen molar-refractivity contribution >= 4 is 11.8 Å². The lowest BCUT2D eigenvalue weighted by Gasteiger charge is -2.25. The van der Waals surface area contributed by atoms with Gasteiger partial charge in [0.15, 0.2) is 5.76 Å². The molecule has 3 heterocycles. The minimum Gasteiger partial charge on any atom is -0.493 e. The average molecular weight is 486 g/mol. The van der Waals surface area contributed by atoms with Crippen LogP contribution in [0.3, 0.4) is 0 Å². The zero-order valence-electron chi connectivity index (χ0n) is 19.5. The lowest BCUT2D eigenvalue weighted by atomic mass is 10.2. The van der Waals surface area contributed by atoms with E-state index in [1.54, 1.807) is 36.1 Å². The Morgan fingerprint density at radius 2 is 2.11 bits per heavy atom. The Morgan fingerprint density at radius 1 is 1.23 bits per heavy atom. The van der Waals surface area contributed by atoms with E-state index in [2.05, 4.69) is 24.9 Å². The van der Waals surface area contributed by atoms with E-state index >= 15 is 0 Å². The second-order valence-corrected chi connectivity index (χ2v) is 8.29. The number of carbonyl (C=O) groups is 2. The first kappa shape index (κ1) is 24.4. The third-order valence-corrected chi connectivity index (χ3v) is 5.79. The summed E-state index contributed by atoms with van der Waals surface area (Å²) in [4.78, 5) is 32.9. The molecular weight excluding hydrogens is 457 g/mol. The molecule has 10 nitrogen and oxygen atoms in total. The molecule has 0 saturated carbocycles. The maximum absolute atomic E-state index is 14.3. The first-order valence-electron chi connectivity index (χ1n) is 11.6. The molecule has 1 atom stereocenters. The van der Waals surface area contributed by atoms with E-state index in [1.807, 2.05) is 0 Å². The van der Waals surface area contributed by atoms with E-state index in [1.165, 1.54) is 12.3 Å². The predicted molar refractivity (Wildman–Crippen MR) is 123 cm³/mol. The monoisotopic (exact) mass is 485 g/mol. The smallest absolute Gasteiger partial charge is 0.287 e. The molecule has 0 spiro atoms. The van der Waals surface area contributed by atoms with Crippen molar-refractivity contribution in [1.29, 1.82) is 0 Å². The second-order valence-electron chi connectivity index (χ2n) is 8.29. The van der Waals surface area contributed by atoms with Crippen molar-refractivity contribution in [2.45, 2.75) is 25.8 Å². The fourth-order valence-electron chi connectivity index (χ4n) is 3.96. The summed E-state index contributed by atoms with van der Waals surface area (Å²) in [6, 6.07) is 7.10. The van der Waals surface area contributed by atoms with E-state index in [0.29, 0.717) is 25.4 Å². The number of hydrogen-bond acceptors (Lipinski definition) is 8. The summed E-state index contributed by atoms with van der Waals surface area (Å²) in [5.41, 5.74) is 0.254. The van der Waals surface area contributed by atoms with Gasteiger partial charge in [0.2, 0.25) is 18.1 Å². The van der Waals surface area contributed by atoms with Crippen LogP contribution in [0.25, 0.3) is 11.4 Å². The highest BCUT2D eigenvalue weighted by Crippen LogP contribution is 2.23. The molecule has 2 amide bonds. The summed E-state index contributed by atoms with van der Waals surface area (Å²) >= 11 is 0. The number of rotatable bonds is 9. The van der Waals surface area contributed by atoms with Crippen LogP contribution >= 0.6 is 0 Å². The Labute approximate surface area is 202 Å². The minimum absolute atomic E-state index is 0.110. The average Bonchev–Trinajstić information content (AvgIpc) is 3.53. The summed E-state index contributed by atoms with van der Waals surface area (Å²) in [6.45, 7) is 5.75. The van der Waals surface area contributed by atoms with Crippen molar-refractivity contribution in [2.24, 2.45) is 0 Å². The second kappa shape index (κ2) is 11.6. The molecule has 2 aromatic heterocycles. The van der Waals surface area contributed by atoms with Crippen LogP contribution in [0.2, 0.25) is 0 Å². The third-order valence-electron chi connectivity index (χ3n) is 5.79. The molecular formula is C24H28FN5O5. The van der Waals surface area contributed by atoms with Crippen molar-refractivity contribution < 1.29 is 27.7 Å². The van der Waals surface area contributed by atoms with Gasteiger partial charge < -0.3 is 28.8 Å². The van der Waals surface area contributed by atoms with Gasteiger partial charge in [-0.15, -0.1) is 0 Å². The Balaban J connectivity index is 1.18. The summed E-state index contributed by atoms with van der Waals surface area (Å²) in [6.07, 6.45) is 4.17. The van der Waals surface area contributed by atoms with Gasteiger partial charge in [0.05, 0.1) is 18.4 Å². The number of amides is 2. The lowest BCUT2D eigenvalue weighted by Crippen LogP contribution is -2.48. The SMILES string of the molecule is C[C@H](NC(=O)c1ccco1)C(=O)N1CCCN(CCCOc2ccc(-c3ncon3)c(F)c2)CC1. The summed E-state index contributed by atoms with van der Waals surface area (Å²) < 4.78 is 29.7. The number of benzene rings is 1. The van der Waals surface area contributed by atoms with Gasteiger partial charge in [0.1, 0.15) is 17.6 Å². The number of carbonyl (C=O) groups excluding carboxylic acids is 2. The highest BCUT2D eigenvalue weighted by molar-refractivity contribution is 5.95. The molecule has 0 bridgehead atoms. The van der Waals surface area contributed by atoms with Gasteiger partial charge in [-0.05, 0) is 50.6 Å². The minimum atomic E-state index is -0.639. The molecule has 35 heavy (non-hydrogen) atoms. The number of aromatic nitrogens is 2. The fourth-order valence-corrected chi connectivity index (χ4v) is 3.96. The van der Waals surface area contributed by atoms with E-state index in [0.717, 1.165) is 38.9 Å². The molecule has 0 aliphatic carbocycles. The molecule has 1 N–H and O–H groups in total. The van der Waals surface area contributed by atoms with Crippen LogP contribution in [0.15, 0.2) is 51.9 Å². The van der Waals surface area contributed by atoms with E-state index < -0.39 is 17.8 Å². The predicted octanol–water partition coefficient (Wildman–Crippen LogP) is 2.59. The van der Waals surface area contributed by atoms with E-state index in [9.17, 15) is 14.0 Å². The van der Waals surface area contributed by atoms with Gasteiger partial charge in [-0.1, -0.05) is 5.16 Å². The molecule has 1 fully saturated rings. The Hall–Kier alpha value is -3.73. The first-order valence-corrected chi connectivity index (χ1v) is 11.6. The molecule has 1 aromatic carbocycles. The number of nitrogens with one attached hydrogen (secondary N) is 1. The fraction of sp³-hybridized carbons (Fsp3) is 0.417. The Kier molecular flexibility index (Phi) is 8.09. The molecule has 186 valence electrons. The van der Waals surface area contributed by atoms with Crippen molar-refractivity contribution in [3.05, 3.63) is 54.6 Å². The number of hydrogen-bond donors (Lipinski definition) is 1. The maximum Gasteiger partial charge on any atom is 0.287 e. The van der Waals surface area contributed by atoms with E-state index in [-0.39, 0.29) is 23.1 Å². The van der Waals surface area contributed by atoms with Gasteiger partial charge in [0.25, 0.3) is 5.91 Å². The standard InChI is InChI=1S/C24H28FN5O5/c1-17(27-23(31)21-5-2-13-34-21)24(32)30-10-3-8-29(11-12-30)9-4-14-33-18-6-7-19(20(25)15-18)22-26-16-35-28-22/h2,5-7,13,15-17H,3-4,8-12,14H2,1H3,(H,27,31)/t17-/m0/s1. The van der Waals surface area contributed by atoms with Crippen molar-refractivity contribution in [2.75, 3.05) is 39.3 Å². The quantitative estimate of drug-likeness (QED) is 0.460. The first-order chi connectivity index (χ1) is 17.0. The summed E-state index contributed by atoms with van der Waals surface area (Å²) in [5, 5.41) is 6.33. The van der Waals surface area contributed by atoms with Crippen LogP contribution in [-0.2, 0) is 4.79 Å². The maximum atomic E-state index is 14.3. The highest BCUT2D eigenvalue weighted by atomic mass is 19.1. The Bertz CT molecular complexity index is 1110. The van der Waals surface area contributed by atoms with Crippen LogP contribution in [0, 0.1) is 5.82 Å². The lowest BCUT2D eigenvalue weighted by molar-refractivity contribution is -0.132. The topological polar surface area (TPSA) is 114 Å². The van der Waals surface area contributed by atoms with Gasteiger partial charge >= 0.3 is 0 Å². The number of nitrogens with zero attached hydrogens (tertiary/aromatic N) is 4. The van der Waals surface area contributed by atoms with Gasteiger partial charge in [-0.25, -0.2) is 4.39 Å². The third kappa shape index (κ3) is 6.44. The normalized spacial score (nSPS) is 15.4. The molecule has 1 aliphatic heterocycles. The van der Waals surface area contributed by atoms with Crippen molar-refractivity contribution in [3.8, 4) is 17.1 Å². The van der Waals surface area contributed by atoms with E-state index in [4.69, 9.17) is 9.15 Å². The van der Waals surface area contributed by atoms with Gasteiger partial charge in [-0.2, -0.15) is 4.98 Å². The van der Waals surface area contributed by atoms with Gasteiger partial charge in [-0.3, -0.25) is 9.59 Å². The van der Waals surface area contributed by atoms with Crippen molar-refractivity contribution in [3.63, 3.8) is 0 Å². The molecule has 11 heteroatoms. The Morgan fingerprint density at radius 3 is 2.86 bits per heavy atom. The van der Waals surface area contributed by atoms with Crippen molar-refractivity contribution in [1.82, 2.24) is 25.3 Å². The van der Waals surface area contributed by atoms with Crippen LogP contribution in [0.1, 0.15) is 30.3 Å². The summed E-state index contributed by atoms with van der Waals surface area (Å²) in [5.74, 6) is -0.182. The zero-order chi connectivity index (χ0) is 24.6. The molecule has 0 radical (unpaired) electrons. The molecule has 3 aromatic rings. The largest absolute Gasteiger partial charge is 0.493 e. The number of halogens is 1. The van der Waals surface area contributed by atoms with Gasteiger partial charge in [0, 0.05) is 32.2 Å². The summed E-state index contributed by atoms with van der Waals surface area (Å²) in [7, 11) is 0. The molecule has 0 unspecified atom stereocenters. The number of ether oxygens (including phenoxy) is 1. The molecule has 1 saturated heterocycles. The van der Waals surface area contributed by atoms with Crippen LogP contribution in [-0.4, -0.2) is 77.1 Å². The molecule has 4 rings (SSSR count). The highest BCUT2D eigenvalue weighted by Gasteiger charge is 2.25. The van der Waals surface area contributed by atoms with Crippen LogP contribution < -0.4 is 10.1 Å². The number of furan rings is 1. The van der Waals surface area contributed by atoms with Crippen LogP contribution in [0.4, 0.5) is 4.39 Å². The molecule has 1 aliphatic rings.